The number of thioether (sulfide) groups is 1. The highest BCUT2D eigenvalue weighted by Crippen LogP contribution is 2.26. The van der Waals surface area contributed by atoms with E-state index in [0.717, 1.165) is 11.8 Å². The van der Waals surface area contributed by atoms with Crippen LogP contribution in [0.5, 0.6) is 0 Å². The predicted molar refractivity (Wildman–Crippen MR) is 54.6 cm³/mol. The molecule has 0 atom stereocenters. The zero-order valence-electron chi connectivity index (χ0n) is 7.23. The Kier molecular flexibility index (Phi) is 3.32. The number of carbonyl (C=O) groups is 1. The van der Waals surface area contributed by atoms with Gasteiger partial charge in [0, 0.05) is 10.5 Å². The molecule has 0 spiro atoms. The van der Waals surface area contributed by atoms with Gasteiger partial charge in [-0.2, -0.15) is 5.26 Å². The van der Waals surface area contributed by atoms with Gasteiger partial charge in [-0.3, -0.25) is 0 Å². The zero-order valence-corrected chi connectivity index (χ0v) is 8.04. The molecule has 14 heavy (non-hydrogen) atoms. The second-order valence-corrected chi connectivity index (χ2v) is 3.30. The van der Waals surface area contributed by atoms with Crippen molar-refractivity contribution in [1.29, 1.82) is 5.26 Å². The number of rotatable bonds is 3. The Labute approximate surface area is 85.7 Å². The second-order valence-electron chi connectivity index (χ2n) is 2.47. The Morgan fingerprint density at radius 1 is 1.50 bits per heavy atom. The quantitative estimate of drug-likeness (QED) is 0.467. The summed E-state index contributed by atoms with van der Waals surface area (Å²) in [5, 5.41) is 19.1. The van der Waals surface area contributed by atoms with E-state index in [4.69, 9.17) is 10.4 Å². The summed E-state index contributed by atoms with van der Waals surface area (Å²) in [4.78, 5) is 11.3. The number of hydrogen-bond donors (Lipinski definition) is 1. The van der Waals surface area contributed by atoms with E-state index in [1.165, 1.54) is 0 Å². The molecule has 1 N–H and O–H groups in total. The van der Waals surface area contributed by atoms with Gasteiger partial charge in [-0.1, -0.05) is 24.8 Å². The molecular weight excluding hydrogens is 198 g/mol. The van der Waals surface area contributed by atoms with Gasteiger partial charge >= 0.3 is 5.97 Å². The molecule has 0 aliphatic heterocycles. The van der Waals surface area contributed by atoms with Crippen LogP contribution < -0.4 is 0 Å². The highest BCUT2D eigenvalue weighted by molar-refractivity contribution is 8.03. The minimum Gasteiger partial charge on any atom is -0.478 e. The lowest BCUT2D eigenvalue weighted by Gasteiger charge is -2.04. The van der Waals surface area contributed by atoms with Crippen LogP contribution in [0.2, 0.25) is 0 Å². The first-order valence-electron chi connectivity index (χ1n) is 3.74. The fourth-order valence-electron chi connectivity index (χ4n) is 0.969. The summed E-state index contributed by atoms with van der Waals surface area (Å²) >= 11 is 0.929. The molecule has 0 radical (unpaired) electrons. The van der Waals surface area contributed by atoms with Crippen LogP contribution in [0.1, 0.15) is 5.56 Å². The van der Waals surface area contributed by atoms with Crippen LogP contribution in [0.25, 0.3) is 5.57 Å². The Balaban J connectivity index is 3.14. The van der Waals surface area contributed by atoms with E-state index >= 15 is 0 Å². The van der Waals surface area contributed by atoms with Gasteiger partial charge in [-0.15, -0.1) is 0 Å². The molecule has 0 bridgehead atoms. The summed E-state index contributed by atoms with van der Waals surface area (Å²) in [5.41, 5.74) is 0.495. The highest BCUT2D eigenvalue weighted by Gasteiger charge is 2.11. The van der Waals surface area contributed by atoms with Crippen LogP contribution in [0.4, 0.5) is 0 Å². The molecule has 1 aromatic carbocycles. The SMILES string of the molecule is C=C(C(=O)O)c1ccccc1SC#N. The Bertz CT molecular complexity index is 420. The van der Waals surface area contributed by atoms with Gasteiger partial charge in [0.15, 0.2) is 0 Å². The van der Waals surface area contributed by atoms with E-state index in [9.17, 15) is 4.79 Å². The van der Waals surface area contributed by atoms with E-state index in [1.807, 2.05) is 5.40 Å². The van der Waals surface area contributed by atoms with E-state index in [2.05, 4.69) is 6.58 Å². The van der Waals surface area contributed by atoms with Gasteiger partial charge in [-0.25, -0.2) is 4.79 Å². The maximum atomic E-state index is 10.7. The molecule has 70 valence electrons. The third kappa shape index (κ3) is 2.15. The number of carboxylic acid groups (broad SMARTS) is 1. The molecule has 0 aromatic heterocycles. The number of benzene rings is 1. The van der Waals surface area contributed by atoms with Crippen molar-refractivity contribution in [3.63, 3.8) is 0 Å². The molecule has 0 aliphatic carbocycles. The molecule has 0 heterocycles. The van der Waals surface area contributed by atoms with Crippen molar-refractivity contribution >= 4 is 23.3 Å². The average molecular weight is 205 g/mol. The topological polar surface area (TPSA) is 61.1 Å². The number of aliphatic carboxylic acids is 1. The second kappa shape index (κ2) is 4.49. The maximum Gasteiger partial charge on any atom is 0.335 e. The molecule has 0 unspecified atom stereocenters. The molecule has 0 aliphatic rings. The monoisotopic (exact) mass is 205 g/mol. The van der Waals surface area contributed by atoms with E-state index in [1.54, 1.807) is 24.3 Å². The van der Waals surface area contributed by atoms with Crippen molar-refractivity contribution in [2.75, 3.05) is 0 Å². The van der Waals surface area contributed by atoms with Crippen molar-refractivity contribution in [3.05, 3.63) is 36.4 Å². The lowest BCUT2D eigenvalue weighted by Crippen LogP contribution is -1.98. The summed E-state index contributed by atoms with van der Waals surface area (Å²) < 4.78 is 0. The van der Waals surface area contributed by atoms with Crippen LogP contribution >= 0.6 is 11.8 Å². The van der Waals surface area contributed by atoms with Crippen LogP contribution in [0.3, 0.4) is 0 Å². The molecule has 0 amide bonds. The first-order chi connectivity index (χ1) is 6.66. The molecular formula is C10H7NO2S. The van der Waals surface area contributed by atoms with Gasteiger partial charge in [0.05, 0.1) is 5.57 Å². The van der Waals surface area contributed by atoms with Crippen molar-refractivity contribution in [2.45, 2.75) is 4.90 Å². The number of carboxylic acids is 1. The summed E-state index contributed by atoms with van der Waals surface area (Å²) in [7, 11) is 0. The predicted octanol–water partition coefficient (Wildman–Crippen LogP) is 2.36. The number of nitrogens with zero attached hydrogens (tertiary/aromatic N) is 1. The van der Waals surface area contributed by atoms with Gasteiger partial charge < -0.3 is 5.11 Å². The summed E-state index contributed by atoms with van der Waals surface area (Å²) in [6.07, 6.45) is 0. The van der Waals surface area contributed by atoms with E-state index in [0.29, 0.717) is 10.5 Å². The molecule has 0 saturated heterocycles. The zero-order chi connectivity index (χ0) is 10.6. The summed E-state index contributed by atoms with van der Waals surface area (Å²) in [6.45, 7) is 3.45. The fraction of sp³-hybridized carbons (Fsp3) is 0. The van der Waals surface area contributed by atoms with Crippen LogP contribution in [-0.2, 0) is 4.79 Å². The van der Waals surface area contributed by atoms with Crippen molar-refractivity contribution in [1.82, 2.24) is 0 Å². The average Bonchev–Trinajstić information content (AvgIpc) is 2.18. The highest BCUT2D eigenvalue weighted by atomic mass is 32.2. The molecule has 1 rings (SSSR count). The van der Waals surface area contributed by atoms with Crippen molar-refractivity contribution in [2.24, 2.45) is 0 Å². The van der Waals surface area contributed by atoms with Crippen molar-refractivity contribution in [3.8, 4) is 5.40 Å². The molecule has 4 heteroatoms. The first-order valence-corrected chi connectivity index (χ1v) is 4.56. The largest absolute Gasteiger partial charge is 0.478 e. The van der Waals surface area contributed by atoms with Crippen LogP contribution in [0, 0.1) is 10.7 Å². The summed E-state index contributed by atoms with van der Waals surface area (Å²) in [6, 6.07) is 6.79. The standard InChI is InChI=1S/C10H7NO2S/c1-7(10(12)13)8-4-2-3-5-9(8)14-6-11/h2-5H,1H2,(H,12,13). The van der Waals surface area contributed by atoms with E-state index in [-0.39, 0.29) is 5.57 Å². The normalized spacial score (nSPS) is 9.07. The molecule has 3 nitrogen and oxygen atoms in total. The van der Waals surface area contributed by atoms with Crippen LogP contribution in [-0.4, -0.2) is 11.1 Å². The van der Waals surface area contributed by atoms with Gasteiger partial charge in [0.1, 0.15) is 5.40 Å². The smallest absolute Gasteiger partial charge is 0.335 e. The number of thiocyanates is 1. The van der Waals surface area contributed by atoms with Gasteiger partial charge in [0.2, 0.25) is 0 Å². The third-order valence-electron chi connectivity index (χ3n) is 1.63. The van der Waals surface area contributed by atoms with Gasteiger partial charge in [-0.05, 0) is 17.8 Å². The summed E-state index contributed by atoms with van der Waals surface area (Å²) in [5.74, 6) is -1.07. The van der Waals surface area contributed by atoms with E-state index < -0.39 is 5.97 Å². The molecule has 1 aromatic rings. The Morgan fingerprint density at radius 3 is 2.71 bits per heavy atom. The van der Waals surface area contributed by atoms with Gasteiger partial charge in [0.25, 0.3) is 0 Å². The minimum atomic E-state index is -1.07. The molecule has 0 fully saturated rings. The lowest BCUT2D eigenvalue weighted by atomic mass is 10.1. The number of hydrogen-bond acceptors (Lipinski definition) is 3. The number of nitriles is 1. The van der Waals surface area contributed by atoms with Crippen LogP contribution in [0.15, 0.2) is 35.7 Å². The Morgan fingerprint density at radius 2 is 2.14 bits per heavy atom. The fourth-order valence-corrected chi connectivity index (χ4v) is 1.52. The molecule has 0 saturated carbocycles. The first kappa shape index (κ1) is 10.4. The minimum absolute atomic E-state index is 0.00310. The maximum absolute atomic E-state index is 10.7. The van der Waals surface area contributed by atoms with Crippen molar-refractivity contribution < 1.29 is 9.90 Å². The third-order valence-corrected chi connectivity index (χ3v) is 2.29. The lowest BCUT2D eigenvalue weighted by molar-refractivity contribution is -0.130. The Hall–Kier alpha value is -1.73.